The monoisotopic (exact) mass is 422 g/mol. The molecule has 0 aromatic carbocycles. The van der Waals surface area contributed by atoms with Crippen LogP contribution in [0.1, 0.15) is 45.4 Å². The Kier molecular flexibility index (Phi) is 11.1. The van der Waals surface area contributed by atoms with Gasteiger partial charge in [-0.05, 0) is 45.4 Å². The molecule has 0 amide bonds. The van der Waals surface area contributed by atoms with Gasteiger partial charge in [-0.2, -0.15) is 0 Å². The summed E-state index contributed by atoms with van der Waals surface area (Å²) in [6, 6.07) is 0. The number of halogens is 1. The molecule has 0 aromatic heterocycles. The summed E-state index contributed by atoms with van der Waals surface area (Å²) < 4.78 is 15.0. The van der Waals surface area contributed by atoms with Crippen LogP contribution in [0.15, 0.2) is 0 Å². The number of ether oxygens (including phenoxy) is 3. The fraction of sp³-hybridized carbons (Fsp3) is 0.824. The third kappa shape index (κ3) is 8.89. The SMILES string of the molecule is CC(=O)[C@@H]1CCCO1.O=C(CBr)[C@@H]1CCCO1.O=C(O)[C@@H]1CCCO1. The van der Waals surface area contributed by atoms with Crippen LogP contribution in [-0.2, 0) is 28.6 Å². The van der Waals surface area contributed by atoms with Crippen LogP contribution in [0.5, 0.6) is 0 Å². The van der Waals surface area contributed by atoms with Gasteiger partial charge < -0.3 is 19.3 Å². The van der Waals surface area contributed by atoms with Crippen molar-refractivity contribution in [2.24, 2.45) is 0 Å². The summed E-state index contributed by atoms with van der Waals surface area (Å²) in [6.07, 6.45) is 4.77. The first-order valence-electron chi connectivity index (χ1n) is 8.62. The number of hydrogen-bond acceptors (Lipinski definition) is 6. The van der Waals surface area contributed by atoms with Gasteiger partial charge >= 0.3 is 5.97 Å². The van der Waals surface area contributed by atoms with Crippen LogP contribution >= 0.6 is 15.9 Å². The van der Waals surface area contributed by atoms with Crippen LogP contribution in [0.4, 0.5) is 0 Å². The fourth-order valence-electron chi connectivity index (χ4n) is 2.59. The second-order valence-electron chi connectivity index (χ2n) is 6.05. The van der Waals surface area contributed by atoms with Gasteiger partial charge in [0.25, 0.3) is 0 Å². The molecule has 3 aliphatic rings. The minimum absolute atomic E-state index is 0.0741. The molecule has 25 heavy (non-hydrogen) atoms. The summed E-state index contributed by atoms with van der Waals surface area (Å²) in [5, 5.41) is 8.72. The summed E-state index contributed by atoms with van der Waals surface area (Å²) in [6.45, 7) is 3.71. The second-order valence-corrected chi connectivity index (χ2v) is 6.61. The maximum Gasteiger partial charge on any atom is 0.332 e. The molecule has 0 bridgehead atoms. The standard InChI is InChI=1S/C6H9BrO2.C6H10O2.C5H8O3/c7-4-5(8)6-2-1-3-9-6;1-5(7)6-3-2-4-8-6;6-5(7)4-2-1-3-8-4/h6H,1-4H2;6H,2-4H2,1H3;4H,1-3H2,(H,6,7)/t2*6-;4-/m000/s1. The summed E-state index contributed by atoms with van der Waals surface area (Å²) in [7, 11) is 0. The lowest BCUT2D eigenvalue weighted by Gasteiger charge is -2.03. The molecule has 3 rings (SSSR count). The van der Waals surface area contributed by atoms with E-state index in [2.05, 4.69) is 15.9 Å². The number of carboxylic acid groups (broad SMARTS) is 1. The molecule has 0 spiro atoms. The number of carboxylic acids is 1. The van der Waals surface area contributed by atoms with Crippen molar-refractivity contribution in [3.8, 4) is 0 Å². The lowest BCUT2D eigenvalue weighted by atomic mass is 10.2. The normalized spacial score (nSPS) is 27.7. The number of alkyl halides is 1. The third-order valence-corrected chi connectivity index (χ3v) is 4.56. The summed E-state index contributed by atoms with van der Waals surface area (Å²) in [5.74, 6) is -0.488. The largest absolute Gasteiger partial charge is 0.479 e. The molecule has 3 fully saturated rings. The minimum atomic E-state index is -0.831. The zero-order valence-electron chi connectivity index (χ0n) is 14.6. The number of rotatable bonds is 4. The van der Waals surface area contributed by atoms with Gasteiger partial charge in [-0.15, -0.1) is 0 Å². The van der Waals surface area contributed by atoms with Gasteiger partial charge in [0.15, 0.2) is 17.7 Å². The topological polar surface area (TPSA) is 99.1 Å². The van der Waals surface area contributed by atoms with Crippen LogP contribution in [0, 0.1) is 0 Å². The van der Waals surface area contributed by atoms with Crippen molar-refractivity contribution in [3.05, 3.63) is 0 Å². The highest BCUT2D eigenvalue weighted by atomic mass is 79.9. The van der Waals surface area contributed by atoms with Crippen LogP contribution in [0.25, 0.3) is 0 Å². The van der Waals surface area contributed by atoms with Crippen LogP contribution in [0.3, 0.4) is 0 Å². The number of carbonyl (C=O) groups excluding carboxylic acids is 2. The van der Waals surface area contributed by atoms with Crippen molar-refractivity contribution in [1.29, 1.82) is 0 Å². The van der Waals surface area contributed by atoms with Crippen molar-refractivity contribution >= 4 is 33.5 Å². The van der Waals surface area contributed by atoms with E-state index in [9.17, 15) is 14.4 Å². The van der Waals surface area contributed by atoms with E-state index >= 15 is 0 Å². The molecule has 0 radical (unpaired) electrons. The van der Waals surface area contributed by atoms with E-state index in [1.54, 1.807) is 6.92 Å². The molecule has 0 saturated carbocycles. The van der Waals surface area contributed by atoms with Gasteiger partial charge in [-0.1, -0.05) is 15.9 Å². The summed E-state index contributed by atoms with van der Waals surface area (Å²) in [4.78, 5) is 31.4. The van der Waals surface area contributed by atoms with Gasteiger partial charge in [0.1, 0.15) is 12.2 Å². The van der Waals surface area contributed by atoms with Crippen molar-refractivity contribution in [3.63, 3.8) is 0 Å². The number of aliphatic carboxylic acids is 1. The predicted octanol–water partition coefficient (Wildman–Crippen LogP) is 2.13. The van der Waals surface area contributed by atoms with Gasteiger partial charge in [0.05, 0.1) is 5.33 Å². The van der Waals surface area contributed by atoms with E-state index in [0.717, 1.165) is 45.3 Å². The van der Waals surface area contributed by atoms with E-state index in [4.69, 9.17) is 19.3 Å². The lowest BCUT2D eigenvalue weighted by molar-refractivity contribution is -0.147. The quantitative estimate of drug-likeness (QED) is 0.692. The van der Waals surface area contributed by atoms with Gasteiger partial charge in [-0.25, -0.2) is 4.79 Å². The Bertz CT molecular complexity index is 397. The van der Waals surface area contributed by atoms with E-state index in [0.29, 0.717) is 18.4 Å². The van der Waals surface area contributed by atoms with E-state index in [-0.39, 0.29) is 23.8 Å². The Labute approximate surface area is 156 Å². The fourth-order valence-corrected chi connectivity index (χ4v) is 2.95. The van der Waals surface area contributed by atoms with Crippen LogP contribution < -0.4 is 0 Å². The number of carbonyl (C=O) groups is 3. The Morgan fingerprint density at radius 1 is 0.880 bits per heavy atom. The first kappa shape index (κ1) is 22.2. The van der Waals surface area contributed by atoms with E-state index in [1.165, 1.54) is 0 Å². The average molecular weight is 423 g/mol. The summed E-state index contributed by atoms with van der Waals surface area (Å²) >= 11 is 3.10. The minimum Gasteiger partial charge on any atom is -0.479 e. The second kappa shape index (κ2) is 12.5. The highest BCUT2D eigenvalue weighted by molar-refractivity contribution is 9.09. The van der Waals surface area contributed by atoms with Gasteiger partial charge in [0, 0.05) is 19.8 Å². The molecule has 3 saturated heterocycles. The number of Topliss-reactive ketones (excluding diaryl/α,β-unsaturated/α-hetero) is 2. The van der Waals surface area contributed by atoms with Crippen molar-refractivity contribution < 1.29 is 33.7 Å². The van der Waals surface area contributed by atoms with Crippen LogP contribution in [-0.4, -0.2) is 66.1 Å². The maximum absolute atomic E-state index is 10.8. The van der Waals surface area contributed by atoms with Crippen molar-refractivity contribution in [2.45, 2.75) is 63.8 Å². The van der Waals surface area contributed by atoms with Crippen LogP contribution in [0.2, 0.25) is 0 Å². The van der Waals surface area contributed by atoms with Crippen molar-refractivity contribution in [1.82, 2.24) is 0 Å². The number of ketones is 2. The molecular weight excluding hydrogens is 396 g/mol. The molecule has 144 valence electrons. The van der Waals surface area contributed by atoms with Gasteiger partial charge in [-0.3, -0.25) is 9.59 Å². The molecular formula is C17H27BrO7. The highest BCUT2D eigenvalue weighted by Crippen LogP contribution is 2.13. The first-order chi connectivity index (χ1) is 12.0. The lowest BCUT2D eigenvalue weighted by Crippen LogP contribution is -2.19. The Balaban J connectivity index is 0.000000188. The maximum atomic E-state index is 10.8. The van der Waals surface area contributed by atoms with Gasteiger partial charge in [0.2, 0.25) is 0 Å². The molecule has 0 aliphatic carbocycles. The molecule has 3 atom stereocenters. The molecule has 0 unspecified atom stereocenters. The molecule has 8 heteroatoms. The smallest absolute Gasteiger partial charge is 0.332 e. The van der Waals surface area contributed by atoms with E-state index < -0.39 is 12.1 Å². The average Bonchev–Trinajstić information content (AvgIpc) is 3.38. The molecule has 0 aromatic rings. The number of hydrogen-bond donors (Lipinski definition) is 1. The zero-order valence-corrected chi connectivity index (χ0v) is 16.2. The Morgan fingerprint density at radius 3 is 1.56 bits per heavy atom. The summed E-state index contributed by atoms with van der Waals surface area (Å²) in [5.41, 5.74) is 0. The molecule has 1 N–H and O–H groups in total. The third-order valence-electron chi connectivity index (χ3n) is 4.01. The molecule has 7 nitrogen and oxygen atoms in total. The zero-order chi connectivity index (χ0) is 18.7. The molecule has 3 heterocycles. The highest BCUT2D eigenvalue weighted by Gasteiger charge is 2.22. The Morgan fingerprint density at radius 2 is 1.32 bits per heavy atom. The Hall–Kier alpha value is -0.830. The van der Waals surface area contributed by atoms with E-state index in [1.807, 2.05) is 0 Å². The van der Waals surface area contributed by atoms with Crippen molar-refractivity contribution in [2.75, 3.05) is 25.2 Å². The molecule has 3 aliphatic heterocycles. The predicted molar refractivity (Wildman–Crippen MR) is 94.0 cm³/mol. The first-order valence-corrected chi connectivity index (χ1v) is 9.74.